The van der Waals surface area contributed by atoms with Gasteiger partial charge in [-0.05, 0) is 36.8 Å². The van der Waals surface area contributed by atoms with Crippen molar-refractivity contribution >= 4 is 11.8 Å². The number of hydrogen-bond donors (Lipinski definition) is 1. The van der Waals surface area contributed by atoms with Crippen LogP contribution in [0.1, 0.15) is 25.8 Å². The van der Waals surface area contributed by atoms with E-state index in [2.05, 4.69) is 0 Å². The number of hydrogen-bond acceptors (Lipinski definition) is 2. The molecule has 0 fully saturated rings. The maximum atomic E-state index is 12.6. The minimum Gasteiger partial charge on any atom is -0.376 e. The van der Waals surface area contributed by atoms with Crippen LogP contribution in [0.25, 0.3) is 0 Å². The normalized spacial score (nSPS) is 15.6. The van der Waals surface area contributed by atoms with Gasteiger partial charge in [0.2, 0.25) is 0 Å². The molecular weight excluding hydrogens is 249 g/mol. The van der Waals surface area contributed by atoms with Gasteiger partial charge in [-0.2, -0.15) is 13.2 Å². The first-order valence-corrected chi connectivity index (χ1v) is 6.30. The molecule has 96 valence electrons. The van der Waals surface area contributed by atoms with Crippen molar-refractivity contribution in [3.05, 3.63) is 29.8 Å². The molecule has 0 aliphatic rings. The predicted molar refractivity (Wildman–Crippen MR) is 63.1 cm³/mol. The fraction of sp³-hybridized carbons (Fsp3) is 0.500. The lowest BCUT2D eigenvalue weighted by atomic mass is 9.96. The van der Waals surface area contributed by atoms with E-state index in [1.54, 1.807) is 23.9 Å². The molecule has 1 aromatic carbocycles. The lowest BCUT2D eigenvalue weighted by Crippen LogP contribution is -2.39. The Morgan fingerprint density at radius 1 is 1.18 bits per heavy atom. The monoisotopic (exact) mass is 264 g/mol. The molecule has 0 bridgehead atoms. The molecular formula is C12H15F3OS. The molecule has 1 aromatic rings. The summed E-state index contributed by atoms with van der Waals surface area (Å²) >= 11 is 1.58. The van der Waals surface area contributed by atoms with Crippen LogP contribution in [0.3, 0.4) is 0 Å². The highest BCUT2D eigenvalue weighted by atomic mass is 32.2. The van der Waals surface area contributed by atoms with Gasteiger partial charge in [0.25, 0.3) is 0 Å². The van der Waals surface area contributed by atoms with Gasteiger partial charge in [0.1, 0.15) is 0 Å². The molecule has 0 saturated carbocycles. The Hall–Kier alpha value is -0.680. The minimum absolute atomic E-state index is 0.133. The highest BCUT2D eigenvalue weighted by Crippen LogP contribution is 2.38. The summed E-state index contributed by atoms with van der Waals surface area (Å²) in [7, 11) is 0. The molecule has 0 aliphatic heterocycles. The Morgan fingerprint density at radius 3 is 2.12 bits per heavy atom. The van der Waals surface area contributed by atoms with Gasteiger partial charge in [-0.25, -0.2) is 0 Å². The molecule has 1 N–H and O–H groups in total. The summed E-state index contributed by atoms with van der Waals surface area (Å²) in [5.74, 6) is 0.926. The average molecular weight is 264 g/mol. The summed E-state index contributed by atoms with van der Waals surface area (Å²) in [6.07, 6.45) is -3.65. The lowest BCUT2D eigenvalue weighted by molar-refractivity contribution is -0.258. The number of aliphatic hydroxyl groups is 1. The van der Waals surface area contributed by atoms with Crippen molar-refractivity contribution in [1.82, 2.24) is 0 Å². The molecule has 0 radical (unpaired) electrons. The second-order valence-corrected chi connectivity index (χ2v) is 5.11. The van der Waals surface area contributed by atoms with Crippen LogP contribution in [0, 0.1) is 0 Å². The molecule has 0 aromatic heterocycles. The molecule has 0 spiro atoms. The third-order valence-corrected chi connectivity index (χ3v) is 3.66. The molecule has 0 heterocycles. The minimum atomic E-state index is -4.66. The fourth-order valence-electron chi connectivity index (χ4n) is 1.26. The number of benzene rings is 1. The van der Waals surface area contributed by atoms with E-state index in [0.717, 1.165) is 24.0 Å². The van der Waals surface area contributed by atoms with Crippen LogP contribution in [0.2, 0.25) is 0 Å². The van der Waals surface area contributed by atoms with Gasteiger partial charge in [0, 0.05) is 4.90 Å². The molecule has 1 atom stereocenters. The first-order chi connectivity index (χ1) is 7.79. The van der Waals surface area contributed by atoms with Crippen LogP contribution < -0.4 is 0 Å². The van der Waals surface area contributed by atoms with Crippen LogP contribution in [0.4, 0.5) is 13.2 Å². The Bertz CT molecular complexity index is 357. The van der Waals surface area contributed by atoms with E-state index in [-0.39, 0.29) is 5.56 Å². The Morgan fingerprint density at radius 2 is 1.71 bits per heavy atom. The summed E-state index contributed by atoms with van der Waals surface area (Å²) < 4.78 is 37.7. The molecule has 1 rings (SSSR count). The molecule has 0 amide bonds. The Kier molecular flexibility index (Phi) is 4.49. The van der Waals surface area contributed by atoms with Gasteiger partial charge in [-0.15, -0.1) is 11.8 Å². The van der Waals surface area contributed by atoms with Crippen molar-refractivity contribution in [3.63, 3.8) is 0 Å². The van der Waals surface area contributed by atoms with Crippen molar-refractivity contribution in [2.24, 2.45) is 0 Å². The zero-order valence-corrected chi connectivity index (χ0v) is 10.5. The fourth-order valence-corrected chi connectivity index (χ4v) is 2.03. The number of halogens is 3. The average Bonchev–Trinajstić information content (AvgIpc) is 2.25. The summed E-state index contributed by atoms with van der Waals surface area (Å²) in [5, 5.41) is 9.46. The van der Waals surface area contributed by atoms with Crippen molar-refractivity contribution in [3.8, 4) is 0 Å². The molecule has 0 saturated heterocycles. The Balaban J connectivity index is 2.87. The van der Waals surface area contributed by atoms with Crippen molar-refractivity contribution in [1.29, 1.82) is 0 Å². The molecule has 1 unspecified atom stereocenters. The van der Waals surface area contributed by atoms with Crippen LogP contribution >= 0.6 is 11.8 Å². The smallest absolute Gasteiger partial charge is 0.376 e. The first kappa shape index (κ1) is 14.4. The lowest BCUT2D eigenvalue weighted by Gasteiger charge is -2.26. The van der Waals surface area contributed by atoms with Gasteiger partial charge >= 0.3 is 6.18 Å². The highest BCUT2D eigenvalue weighted by molar-refractivity contribution is 7.99. The number of rotatable bonds is 4. The van der Waals surface area contributed by atoms with E-state index in [9.17, 15) is 18.3 Å². The van der Waals surface area contributed by atoms with Crippen LogP contribution in [-0.4, -0.2) is 17.0 Å². The van der Waals surface area contributed by atoms with E-state index >= 15 is 0 Å². The van der Waals surface area contributed by atoms with E-state index in [1.807, 2.05) is 6.92 Å². The van der Waals surface area contributed by atoms with Crippen molar-refractivity contribution in [2.75, 3.05) is 5.75 Å². The van der Waals surface area contributed by atoms with E-state index < -0.39 is 11.8 Å². The number of thioether (sulfide) groups is 1. The molecule has 17 heavy (non-hydrogen) atoms. The third-order valence-electron chi connectivity index (χ3n) is 2.44. The summed E-state index contributed by atoms with van der Waals surface area (Å²) in [6, 6.07) is 5.86. The molecule has 5 heteroatoms. The van der Waals surface area contributed by atoms with Crippen LogP contribution in [0.15, 0.2) is 29.2 Å². The summed E-state index contributed by atoms with van der Waals surface area (Å²) in [5.41, 5.74) is -2.92. The zero-order chi connectivity index (χ0) is 13.1. The van der Waals surface area contributed by atoms with Gasteiger partial charge in [0.15, 0.2) is 5.60 Å². The SMILES string of the molecule is CCCSc1ccc(C(C)(O)C(F)(F)F)cc1. The number of alkyl halides is 3. The van der Waals surface area contributed by atoms with Crippen molar-refractivity contribution < 1.29 is 18.3 Å². The first-order valence-electron chi connectivity index (χ1n) is 5.31. The standard InChI is InChI=1S/C12H15F3OS/c1-3-8-17-10-6-4-9(5-7-10)11(2,16)12(13,14)15/h4-7,16H,3,8H2,1-2H3. The molecule has 0 aliphatic carbocycles. The highest BCUT2D eigenvalue weighted by Gasteiger charge is 2.50. The Labute approximate surface area is 103 Å². The summed E-state index contributed by atoms with van der Waals surface area (Å²) in [4.78, 5) is 0.911. The second-order valence-electron chi connectivity index (χ2n) is 3.94. The maximum Gasteiger partial charge on any atom is 0.421 e. The van der Waals surface area contributed by atoms with E-state index in [4.69, 9.17) is 0 Å². The second kappa shape index (κ2) is 5.31. The predicted octanol–water partition coefficient (Wildman–Crippen LogP) is 3.96. The van der Waals surface area contributed by atoms with E-state index in [0.29, 0.717) is 0 Å². The molecule has 1 nitrogen and oxygen atoms in total. The maximum absolute atomic E-state index is 12.6. The topological polar surface area (TPSA) is 20.2 Å². The largest absolute Gasteiger partial charge is 0.421 e. The van der Waals surface area contributed by atoms with Crippen LogP contribution in [-0.2, 0) is 5.60 Å². The zero-order valence-electron chi connectivity index (χ0n) is 9.71. The quantitative estimate of drug-likeness (QED) is 0.831. The van der Waals surface area contributed by atoms with Gasteiger partial charge in [-0.1, -0.05) is 19.1 Å². The third kappa shape index (κ3) is 3.39. The van der Waals surface area contributed by atoms with E-state index in [1.165, 1.54) is 12.1 Å². The summed E-state index contributed by atoms with van der Waals surface area (Å²) in [6.45, 7) is 2.80. The van der Waals surface area contributed by atoms with Gasteiger partial charge < -0.3 is 5.11 Å². The van der Waals surface area contributed by atoms with Gasteiger partial charge in [0.05, 0.1) is 0 Å². The van der Waals surface area contributed by atoms with Gasteiger partial charge in [-0.3, -0.25) is 0 Å². The van der Waals surface area contributed by atoms with Crippen LogP contribution in [0.5, 0.6) is 0 Å². The van der Waals surface area contributed by atoms with Crippen molar-refractivity contribution in [2.45, 2.75) is 36.9 Å².